The largest absolute Gasteiger partial charge is 0.396 e. The Morgan fingerprint density at radius 3 is 2.40 bits per heavy atom. The van der Waals surface area contributed by atoms with E-state index >= 15 is 0 Å². The molecule has 0 amide bonds. The number of hydrogen-bond donors (Lipinski definition) is 1. The fraction of sp³-hybridized carbons (Fsp3) is 0.571. The number of nitrogens with zero attached hydrogens (tertiary/aromatic N) is 2. The minimum Gasteiger partial charge on any atom is -0.396 e. The number of nitrogen functional groups attached to an aromatic ring is 1. The Kier molecular flexibility index (Phi) is 1.66. The summed E-state index contributed by atoms with van der Waals surface area (Å²) in [7, 11) is 1.88. The van der Waals surface area contributed by atoms with Crippen molar-refractivity contribution in [3.05, 3.63) is 11.9 Å². The van der Waals surface area contributed by atoms with Gasteiger partial charge < -0.3 is 5.73 Å². The number of aryl methyl sites for hydroxylation is 1. The van der Waals surface area contributed by atoms with E-state index in [1.54, 1.807) is 4.68 Å². The van der Waals surface area contributed by atoms with Gasteiger partial charge in [-0.1, -0.05) is 13.8 Å². The second-order valence-electron chi connectivity index (χ2n) is 2.80. The maximum atomic E-state index is 5.66. The Hall–Kier alpha value is -0.990. The van der Waals surface area contributed by atoms with Crippen molar-refractivity contribution in [2.45, 2.75) is 19.8 Å². The van der Waals surface area contributed by atoms with Crippen molar-refractivity contribution in [2.24, 2.45) is 7.05 Å². The molecule has 3 heteroatoms. The average molecular weight is 139 g/mol. The van der Waals surface area contributed by atoms with Gasteiger partial charge >= 0.3 is 0 Å². The third kappa shape index (κ3) is 1.12. The molecule has 1 rings (SSSR count). The van der Waals surface area contributed by atoms with E-state index in [0.717, 1.165) is 11.4 Å². The van der Waals surface area contributed by atoms with E-state index in [1.165, 1.54) is 0 Å². The highest BCUT2D eigenvalue weighted by atomic mass is 15.3. The van der Waals surface area contributed by atoms with Crippen LogP contribution in [0.3, 0.4) is 0 Å². The molecule has 0 saturated carbocycles. The summed E-state index contributed by atoms with van der Waals surface area (Å²) in [6.45, 7) is 4.16. The van der Waals surface area contributed by atoms with Crippen LogP contribution in [0, 0.1) is 0 Å². The second kappa shape index (κ2) is 2.33. The molecule has 0 aliphatic rings. The zero-order valence-electron chi connectivity index (χ0n) is 6.63. The van der Waals surface area contributed by atoms with Crippen molar-refractivity contribution in [2.75, 3.05) is 5.73 Å². The molecule has 0 aromatic carbocycles. The lowest BCUT2D eigenvalue weighted by atomic mass is 10.1. The van der Waals surface area contributed by atoms with Gasteiger partial charge in [-0.15, -0.1) is 0 Å². The first-order valence-corrected chi connectivity index (χ1v) is 3.40. The Morgan fingerprint density at radius 1 is 1.60 bits per heavy atom. The van der Waals surface area contributed by atoms with Crippen LogP contribution in [0.25, 0.3) is 0 Å². The molecule has 0 fully saturated rings. The number of nitrogens with two attached hydrogens (primary N) is 1. The third-order valence-corrected chi connectivity index (χ3v) is 1.43. The lowest BCUT2D eigenvalue weighted by Crippen LogP contribution is -1.94. The molecule has 0 radical (unpaired) electrons. The Morgan fingerprint density at radius 2 is 2.20 bits per heavy atom. The van der Waals surface area contributed by atoms with E-state index in [2.05, 4.69) is 18.9 Å². The average Bonchev–Trinajstić information content (AvgIpc) is 2.10. The van der Waals surface area contributed by atoms with Gasteiger partial charge in [0.25, 0.3) is 0 Å². The van der Waals surface area contributed by atoms with Gasteiger partial charge in [-0.3, -0.25) is 4.68 Å². The van der Waals surface area contributed by atoms with Gasteiger partial charge in [0.1, 0.15) is 0 Å². The van der Waals surface area contributed by atoms with E-state index in [1.807, 2.05) is 13.2 Å². The second-order valence-corrected chi connectivity index (χ2v) is 2.80. The van der Waals surface area contributed by atoms with E-state index in [9.17, 15) is 0 Å². The molecule has 0 atom stereocenters. The number of hydrogen-bond acceptors (Lipinski definition) is 2. The smallest absolute Gasteiger partial charge is 0.0879 e. The molecule has 0 unspecified atom stereocenters. The number of anilines is 1. The van der Waals surface area contributed by atoms with Gasteiger partial charge in [0.15, 0.2) is 0 Å². The van der Waals surface area contributed by atoms with Crippen LogP contribution in [0.5, 0.6) is 0 Å². The minimum atomic E-state index is 0.418. The summed E-state index contributed by atoms with van der Waals surface area (Å²) in [6, 6.07) is 0. The van der Waals surface area contributed by atoms with Crippen LogP contribution < -0.4 is 5.73 Å². The maximum Gasteiger partial charge on any atom is 0.0879 e. The zero-order valence-corrected chi connectivity index (χ0v) is 6.63. The topological polar surface area (TPSA) is 43.8 Å². The minimum absolute atomic E-state index is 0.418. The van der Waals surface area contributed by atoms with Crippen molar-refractivity contribution in [3.63, 3.8) is 0 Å². The molecule has 0 saturated heterocycles. The molecule has 2 N–H and O–H groups in total. The first-order chi connectivity index (χ1) is 4.61. The molecule has 3 nitrogen and oxygen atoms in total. The van der Waals surface area contributed by atoms with Gasteiger partial charge in [0.2, 0.25) is 0 Å². The van der Waals surface area contributed by atoms with E-state index in [-0.39, 0.29) is 0 Å². The standard InChI is InChI=1S/C7H13N3/c1-5(2)7-6(8)4-10(3)9-7/h4-5H,8H2,1-3H3. The SMILES string of the molecule is CC(C)c1nn(C)cc1N. The highest BCUT2D eigenvalue weighted by Gasteiger charge is 2.06. The van der Waals surface area contributed by atoms with E-state index < -0.39 is 0 Å². The summed E-state index contributed by atoms with van der Waals surface area (Å²) >= 11 is 0. The Balaban J connectivity index is 3.03. The molecular weight excluding hydrogens is 126 g/mol. The van der Waals surface area contributed by atoms with Crippen LogP contribution in [-0.2, 0) is 7.05 Å². The van der Waals surface area contributed by atoms with Crippen molar-refractivity contribution < 1.29 is 0 Å². The van der Waals surface area contributed by atoms with Crippen LogP contribution in [0.4, 0.5) is 5.69 Å². The first-order valence-electron chi connectivity index (χ1n) is 3.40. The van der Waals surface area contributed by atoms with Crippen LogP contribution >= 0.6 is 0 Å². The van der Waals surface area contributed by atoms with Gasteiger partial charge in [-0.2, -0.15) is 5.10 Å². The summed E-state index contributed by atoms with van der Waals surface area (Å²) < 4.78 is 1.74. The van der Waals surface area contributed by atoms with Gasteiger partial charge in [0.05, 0.1) is 11.4 Å². The normalized spacial score (nSPS) is 10.8. The predicted molar refractivity (Wildman–Crippen MR) is 41.7 cm³/mol. The fourth-order valence-electron chi connectivity index (χ4n) is 0.973. The molecule has 0 aliphatic heterocycles. The summed E-state index contributed by atoms with van der Waals surface area (Å²) in [5.74, 6) is 0.418. The maximum absolute atomic E-state index is 5.66. The quantitative estimate of drug-likeness (QED) is 0.633. The molecule has 1 heterocycles. The molecule has 56 valence electrons. The molecule has 1 aromatic heterocycles. The molecule has 0 aliphatic carbocycles. The summed E-state index contributed by atoms with van der Waals surface area (Å²) in [5, 5.41) is 4.20. The monoisotopic (exact) mass is 139 g/mol. The molecule has 1 aromatic rings. The van der Waals surface area contributed by atoms with Gasteiger partial charge in [-0.05, 0) is 5.92 Å². The molecule has 0 spiro atoms. The van der Waals surface area contributed by atoms with Crippen LogP contribution in [0.15, 0.2) is 6.20 Å². The highest BCUT2D eigenvalue weighted by molar-refractivity contribution is 5.42. The van der Waals surface area contributed by atoms with Crippen molar-refractivity contribution in [1.29, 1.82) is 0 Å². The molecule has 0 bridgehead atoms. The zero-order chi connectivity index (χ0) is 7.72. The van der Waals surface area contributed by atoms with Gasteiger partial charge in [-0.25, -0.2) is 0 Å². The van der Waals surface area contributed by atoms with Crippen LogP contribution in [-0.4, -0.2) is 9.78 Å². The molecular formula is C7H13N3. The summed E-state index contributed by atoms with van der Waals surface area (Å²) in [4.78, 5) is 0. The highest BCUT2D eigenvalue weighted by Crippen LogP contribution is 2.17. The predicted octanol–water partition coefficient (Wildman–Crippen LogP) is 1.13. The van der Waals surface area contributed by atoms with Crippen molar-refractivity contribution >= 4 is 5.69 Å². The van der Waals surface area contributed by atoms with Crippen molar-refractivity contribution in [1.82, 2.24) is 9.78 Å². The van der Waals surface area contributed by atoms with E-state index in [0.29, 0.717) is 5.92 Å². The first kappa shape index (κ1) is 7.12. The fourth-order valence-corrected chi connectivity index (χ4v) is 0.973. The lowest BCUT2D eigenvalue weighted by molar-refractivity contribution is 0.713. The Labute approximate surface area is 60.8 Å². The summed E-state index contributed by atoms with van der Waals surface area (Å²) in [6.07, 6.45) is 1.83. The van der Waals surface area contributed by atoms with Gasteiger partial charge in [0, 0.05) is 13.2 Å². The number of aromatic nitrogens is 2. The molecule has 10 heavy (non-hydrogen) atoms. The Bertz CT molecular complexity index is 225. The van der Waals surface area contributed by atoms with Crippen LogP contribution in [0.1, 0.15) is 25.5 Å². The summed E-state index contributed by atoms with van der Waals surface area (Å²) in [5.41, 5.74) is 7.44. The third-order valence-electron chi connectivity index (χ3n) is 1.43. The van der Waals surface area contributed by atoms with E-state index in [4.69, 9.17) is 5.73 Å². The van der Waals surface area contributed by atoms with Crippen LogP contribution in [0.2, 0.25) is 0 Å². The number of rotatable bonds is 1. The lowest BCUT2D eigenvalue weighted by Gasteiger charge is -1.98. The van der Waals surface area contributed by atoms with Crippen molar-refractivity contribution in [3.8, 4) is 0 Å².